The lowest BCUT2D eigenvalue weighted by Gasteiger charge is -2.35. The fourth-order valence-electron chi connectivity index (χ4n) is 6.32. The number of nitrogens with zero attached hydrogens (tertiary/aromatic N) is 3. The number of pyridine rings is 1. The van der Waals surface area contributed by atoms with E-state index >= 15 is 0 Å². The van der Waals surface area contributed by atoms with Crippen LogP contribution in [0.15, 0.2) is 94.0 Å². The van der Waals surface area contributed by atoms with E-state index in [4.69, 9.17) is 30.9 Å². The molecule has 0 spiro atoms. The first-order valence-corrected chi connectivity index (χ1v) is 18.7. The van der Waals surface area contributed by atoms with E-state index in [1.807, 2.05) is 60.7 Å². The summed E-state index contributed by atoms with van der Waals surface area (Å²) in [5, 5.41) is 13.9. The molecular formula is C42H47ClF3N5O6. The molecule has 4 N–H and O–H groups in total. The fraction of sp³-hybridized carbons (Fsp3) is 0.357. The fourth-order valence-corrected chi connectivity index (χ4v) is 6.45. The molecule has 2 aliphatic rings. The second-order valence-electron chi connectivity index (χ2n) is 13.3. The lowest BCUT2D eigenvalue weighted by Crippen LogP contribution is -2.48. The third kappa shape index (κ3) is 14.9. The Kier molecular flexibility index (Phi) is 17.5. The quantitative estimate of drug-likeness (QED) is 0.0949. The minimum Gasteiger partial charge on any atom is -0.493 e. The standard InChI is InChI=1S/C28H31ClN4O4.C9H10O.C3H4F3NO.C2H2/c29-22-3-1-19(2-4-22)26-6-5-24(36-26)18-33-11-9-32(10-12-33)17-23(34)13-21(28(30)35)15-25-14-20-7-8-31-16-27(20)37-25;1-2-6-9-8(4-1)5-3-7-10-9;4-3(5,6)1-7-2-8;1-2/h1-8,14,16,21,23,34H,9-13,15,17-18H2,(H2,30,35);1-2,4,6H,3,5,7H2;2H,1H2,(H,7,8);1-2H/t21-,23?;;;/m0.../s1. The molecule has 7 rings (SSSR count). The zero-order valence-electron chi connectivity index (χ0n) is 31.4. The van der Waals surface area contributed by atoms with Gasteiger partial charge in [-0.1, -0.05) is 29.8 Å². The number of nitrogens with two attached hydrogens (primary N) is 1. The number of hydrogen-bond donors (Lipinski definition) is 3. The van der Waals surface area contributed by atoms with Gasteiger partial charge in [0.25, 0.3) is 0 Å². The Morgan fingerprint density at radius 1 is 1.00 bits per heavy atom. The van der Waals surface area contributed by atoms with Crippen LogP contribution in [0.1, 0.15) is 29.9 Å². The largest absolute Gasteiger partial charge is 0.493 e. The molecule has 15 heteroatoms. The molecule has 57 heavy (non-hydrogen) atoms. The number of alkyl halides is 3. The van der Waals surface area contributed by atoms with Gasteiger partial charge in [-0.05, 0) is 79.4 Å². The number of aromatic nitrogens is 1. The zero-order chi connectivity index (χ0) is 41.2. The third-order valence-electron chi connectivity index (χ3n) is 9.09. The number of nitrogens with one attached hydrogen (secondary N) is 1. The van der Waals surface area contributed by atoms with Gasteiger partial charge in [0.2, 0.25) is 12.3 Å². The summed E-state index contributed by atoms with van der Waals surface area (Å²) in [6.45, 7) is 4.28. The molecule has 5 aromatic rings. The third-order valence-corrected chi connectivity index (χ3v) is 9.34. The van der Waals surface area contributed by atoms with E-state index in [0.29, 0.717) is 35.8 Å². The number of primary amides is 1. The zero-order valence-corrected chi connectivity index (χ0v) is 32.1. The Labute approximate surface area is 334 Å². The number of ether oxygens (including phenoxy) is 1. The number of β-amino-alcohol motifs (C(OH)–C–C–N with tert-alkyl or cyclic N) is 1. The first-order chi connectivity index (χ1) is 27.5. The van der Waals surface area contributed by atoms with Crippen LogP contribution in [0.5, 0.6) is 5.75 Å². The van der Waals surface area contributed by atoms with Crippen LogP contribution in [0.2, 0.25) is 5.02 Å². The summed E-state index contributed by atoms with van der Waals surface area (Å²) in [4.78, 5) is 30.0. The lowest BCUT2D eigenvalue weighted by molar-refractivity contribution is -0.132. The number of terminal acetylenes is 1. The van der Waals surface area contributed by atoms with Crippen molar-refractivity contribution in [3.05, 3.63) is 107 Å². The Balaban J connectivity index is 0.000000293. The monoisotopic (exact) mass is 809 g/mol. The first-order valence-electron chi connectivity index (χ1n) is 18.3. The molecule has 304 valence electrons. The molecule has 2 aliphatic heterocycles. The molecule has 5 heterocycles. The van der Waals surface area contributed by atoms with Gasteiger partial charge in [0.15, 0.2) is 5.58 Å². The van der Waals surface area contributed by atoms with Crippen LogP contribution in [0, 0.1) is 18.8 Å². The molecule has 1 unspecified atom stereocenters. The number of amides is 2. The van der Waals surface area contributed by atoms with Crippen LogP contribution < -0.4 is 15.8 Å². The molecular weight excluding hydrogens is 763 g/mol. The van der Waals surface area contributed by atoms with E-state index in [1.54, 1.807) is 12.4 Å². The van der Waals surface area contributed by atoms with Gasteiger partial charge in [-0.25, -0.2) is 0 Å². The number of rotatable bonds is 12. The summed E-state index contributed by atoms with van der Waals surface area (Å²) in [6.07, 6.45) is 9.41. The molecule has 2 atom stereocenters. The molecule has 1 saturated heterocycles. The number of hydrogen-bond acceptors (Lipinski definition) is 9. The summed E-state index contributed by atoms with van der Waals surface area (Å²) in [5.41, 5.74) is 8.69. The van der Waals surface area contributed by atoms with Crippen LogP contribution in [-0.2, 0) is 29.0 Å². The van der Waals surface area contributed by atoms with Crippen LogP contribution >= 0.6 is 11.6 Å². The Hall–Kier alpha value is -5.33. The maximum atomic E-state index is 12.1. The van der Waals surface area contributed by atoms with Gasteiger partial charge in [-0.15, -0.1) is 12.8 Å². The second kappa shape index (κ2) is 22.4. The van der Waals surface area contributed by atoms with Crippen molar-refractivity contribution in [3.8, 4) is 29.9 Å². The van der Waals surface area contributed by atoms with Crippen molar-refractivity contribution in [2.75, 3.05) is 45.9 Å². The lowest BCUT2D eigenvalue weighted by atomic mass is 9.95. The smallest absolute Gasteiger partial charge is 0.405 e. The minimum atomic E-state index is -4.29. The van der Waals surface area contributed by atoms with Crippen molar-refractivity contribution in [2.24, 2.45) is 11.7 Å². The Morgan fingerprint density at radius 2 is 1.72 bits per heavy atom. The number of aryl methyl sites for hydroxylation is 1. The maximum absolute atomic E-state index is 12.1. The van der Waals surface area contributed by atoms with Crippen molar-refractivity contribution in [1.29, 1.82) is 0 Å². The average Bonchev–Trinajstić information content (AvgIpc) is 3.86. The highest BCUT2D eigenvalue weighted by molar-refractivity contribution is 6.30. The predicted octanol–water partition coefficient (Wildman–Crippen LogP) is 6.51. The number of benzene rings is 2. The molecule has 11 nitrogen and oxygen atoms in total. The van der Waals surface area contributed by atoms with Gasteiger partial charge >= 0.3 is 6.18 Å². The number of aliphatic hydroxyl groups is 1. The SMILES string of the molecule is C#C.NC(=O)[C@H](Cc1cc2ccncc2o1)CC(O)CN1CCN(Cc2ccc(-c3ccc(Cl)cc3)o2)CC1.O=CNCC(F)(F)F.c1ccc2c(c1)CCCO2. The molecule has 3 aromatic heterocycles. The normalized spacial score (nSPS) is 15.1. The van der Waals surface area contributed by atoms with Crippen molar-refractivity contribution >= 4 is 34.9 Å². The highest BCUT2D eigenvalue weighted by Crippen LogP contribution is 2.26. The van der Waals surface area contributed by atoms with Gasteiger partial charge in [0, 0.05) is 67.2 Å². The van der Waals surface area contributed by atoms with Crippen molar-refractivity contribution in [1.82, 2.24) is 20.1 Å². The van der Waals surface area contributed by atoms with Crippen molar-refractivity contribution in [3.63, 3.8) is 0 Å². The van der Waals surface area contributed by atoms with Crippen LogP contribution in [-0.4, -0.2) is 90.4 Å². The Bertz CT molecular complexity index is 1930. The molecule has 1 fully saturated rings. The van der Waals surface area contributed by atoms with Gasteiger partial charge in [0.1, 0.15) is 29.6 Å². The summed E-state index contributed by atoms with van der Waals surface area (Å²) in [5.74, 6) is 2.57. The average molecular weight is 810 g/mol. The van der Waals surface area contributed by atoms with Gasteiger partial charge in [0.05, 0.1) is 25.5 Å². The molecule has 0 bridgehead atoms. The second-order valence-corrected chi connectivity index (χ2v) is 13.8. The summed E-state index contributed by atoms with van der Waals surface area (Å²) < 4.78 is 50.3. The van der Waals surface area contributed by atoms with E-state index in [0.717, 1.165) is 74.0 Å². The summed E-state index contributed by atoms with van der Waals surface area (Å²) in [6, 6.07) is 23.6. The number of halogens is 4. The number of furan rings is 2. The van der Waals surface area contributed by atoms with E-state index in [9.17, 15) is 27.9 Å². The number of piperazine rings is 1. The topological polar surface area (TPSA) is 147 Å². The highest BCUT2D eigenvalue weighted by Gasteiger charge is 2.27. The van der Waals surface area contributed by atoms with Gasteiger partial charge in [-0.3, -0.25) is 24.4 Å². The highest BCUT2D eigenvalue weighted by atomic mass is 35.5. The van der Waals surface area contributed by atoms with Crippen LogP contribution in [0.4, 0.5) is 13.2 Å². The molecule has 2 aromatic carbocycles. The van der Waals surface area contributed by atoms with Gasteiger partial charge in [-0.2, -0.15) is 13.2 Å². The van der Waals surface area contributed by atoms with Crippen LogP contribution in [0.25, 0.3) is 22.3 Å². The molecule has 0 aliphatic carbocycles. The number of para-hydroxylation sites is 1. The van der Waals surface area contributed by atoms with E-state index < -0.39 is 30.7 Å². The summed E-state index contributed by atoms with van der Waals surface area (Å²) in [7, 11) is 0. The van der Waals surface area contributed by atoms with Crippen molar-refractivity contribution < 1.29 is 41.4 Å². The molecule has 0 radical (unpaired) electrons. The minimum absolute atomic E-state index is 0.00743. The predicted molar refractivity (Wildman–Crippen MR) is 212 cm³/mol. The number of aliphatic hydroxyl groups excluding tert-OH is 1. The van der Waals surface area contributed by atoms with Crippen LogP contribution in [0.3, 0.4) is 0 Å². The van der Waals surface area contributed by atoms with E-state index in [2.05, 4.69) is 39.8 Å². The molecule has 0 saturated carbocycles. The Morgan fingerprint density at radius 3 is 2.37 bits per heavy atom. The number of carbonyl (C=O) groups is 2. The maximum Gasteiger partial charge on any atom is 0.405 e. The van der Waals surface area contributed by atoms with Gasteiger partial charge < -0.3 is 29.7 Å². The summed E-state index contributed by atoms with van der Waals surface area (Å²) >= 11 is 5.98. The first kappa shape index (κ1) is 44.4. The van der Waals surface area contributed by atoms with Crippen molar-refractivity contribution in [2.45, 2.75) is 44.5 Å². The van der Waals surface area contributed by atoms with E-state index in [1.165, 1.54) is 17.3 Å². The molecule has 2 amide bonds. The van der Waals surface area contributed by atoms with E-state index in [-0.39, 0.29) is 6.41 Å². The number of carbonyl (C=O) groups excluding carboxylic acids is 2. The number of fused-ring (bicyclic) bond motifs is 2.